The molecule has 0 saturated heterocycles. The van der Waals surface area contributed by atoms with E-state index in [1.54, 1.807) is 0 Å². The van der Waals surface area contributed by atoms with Crippen molar-refractivity contribution in [2.24, 2.45) is 17.1 Å². The molecule has 1 unspecified atom stereocenters. The van der Waals surface area contributed by atoms with Crippen molar-refractivity contribution in [1.29, 1.82) is 0 Å². The maximum Gasteiger partial charge on any atom is -0.00746 e. The Morgan fingerprint density at radius 3 is 2.60 bits per heavy atom. The van der Waals surface area contributed by atoms with E-state index in [9.17, 15) is 0 Å². The van der Waals surface area contributed by atoms with E-state index in [0.29, 0.717) is 5.41 Å². The van der Waals surface area contributed by atoms with Crippen molar-refractivity contribution in [2.75, 3.05) is 6.54 Å². The average Bonchev–Trinajstić information content (AvgIpc) is 2.12. The van der Waals surface area contributed by atoms with Crippen molar-refractivity contribution >= 4 is 0 Å². The van der Waals surface area contributed by atoms with Crippen LogP contribution in [0.5, 0.6) is 0 Å². The summed E-state index contributed by atoms with van der Waals surface area (Å²) in [5.41, 5.74) is 6.11. The van der Waals surface area contributed by atoms with Gasteiger partial charge in [-0.3, -0.25) is 0 Å². The second-order valence-corrected chi connectivity index (χ2v) is 4.35. The SMILES string of the molecule is CC1(C)CCC(CCN)C1. The lowest BCUT2D eigenvalue weighted by molar-refractivity contribution is 0.355. The normalized spacial score (nSPS) is 30.9. The van der Waals surface area contributed by atoms with E-state index in [2.05, 4.69) is 13.8 Å². The van der Waals surface area contributed by atoms with Gasteiger partial charge >= 0.3 is 0 Å². The van der Waals surface area contributed by atoms with Crippen molar-refractivity contribution in [2.45, 2.75) is 39.5 Å². The van der Waals surface area contributed by atoms with Gasteiger partial charge in [0.15, 0.2) is 0 Å². The fourth-order valence-electron chi connectivity index (χ4n) is 2.06. The first kappa shape index (κ1) is 8.06. The van der Waals surface area contributed by atoms with Crippen LogP contribution in [0.2, 0.25) is 0 Å². The second-order valence-electron chi connectivity index (χ2n) is 4.35. The summed E-state index contributed by atoms with van der Waals surface area (Å²) in [7, 11) is 0. The quantitative estimate of drug-likeness (QED) is 0.626. The van der Waals surface area contributed by atoms with Crippen molar-refractivity contribution in [3.05, 3.63) is 0 Å². The average molecular weight is 141 g/mol. The van der Waals surface area contributed by atoms with E-state index in [-0.39, 0.29) is 0 Å². The highest BCUT2D eigenvalue weighted by Crippen LogP contribution is 2.41. The standard InChI is InChI=1S/C9H19N/c1-9(2)5-3-8(7-9)4-6-10/h8H,3-7,10H2,1-2H3. The van der Waals surface area contributed by atoms with E-state index in [1.165, 1.54) is 25.7 Å². The van der Waals surface area contributed by atoms with Crippen LogP contribution in [-0.2, 0) is 0 Å². The van der Waals surface area contributed by atoms with Crippen LogP contribution in [0.4, 0.5) is 0 Å². The fraction of sp³-hybridized carbons (Fsp3) is 1.00. The molecule has 1 saturated carbocycles. The van der Waals surface area contributed by atoms with Gasteiger partial charge in [0, 0.05) is 0 Å². The molecule has 1 atom stereocenters. The summed E-state index contributed by atoms with van der Waals surface area (Å²) in [4.78, 5) is 0. The minimum atomic E-state index is 0.611. The summed E-state index contributed by atoms with van der Waals surface area (Å²) in [5, 5.41) is 0. The summed E-state index contributed by atoms with van der Waals surface area (Å²) >= 11 is 0. The molecular weight excluding hydrogens is 122 g/mol. The fourth-order valence-corrected chi connectivity index (χ4v) is 2.06. The van der Waals surface area contributed by atoms with Gasteiger partial charge in [-0.1, -0.05) is 13.8 Å². The molecule has 0 aromatic heterocycles. The highest BCUT2D eigenvalue weighted by Gasteiger charge is 2.29. The van der Waals surface area contributed by atoms with Crippen LogP contribution in [0, 0.1) is 11.3 Å². The molecule has 0 amide bonds. The van der Waals surface area contributed by atoms with Gasteiger partial charge in [0.1, 0.15) is 0 Å². The molecule has 0 heterocycles. The summed E-state index contributed by atoms with van der Waals surface area (Å²) in [6.45, 7) is 5.60. The van der Waals surface area contributed by atoms with Crippen LogP contribution in [0.1, 0.15) is 39.5 Å². The molecule has 1 rings (SSSR count). The molecule has 1 aliphatic carbocycles. The number of rotatable bonds is 2. The Morgan fingerprint density at radius 2 is 2.20 bits per heavy atom. The molecule has 0 aliphatic heterocycles. The molecule has 1 nitrogen and oxygen atoms in total. The second kappa shape index (κ2) is 2.91. The number of hydrogen-bond donors (Lipinski definition) is 1. The predicted molar refractivity (Wildman–Crippen MR) is 44.8 cm³/mol. The minimum absolute atomic E-state index is 0.611. The third-order valence-electron chi connectivity index (χ3n) is 2.65. The Hall–Kier alpha value is -0.0400. The molecule has 1 heteroatoms. The van der Waals surface area contributed by atoms with Crippen molar-refractivity contribution in [3.8, 4) is 0 Å². The van der Waals surface area contributed by atoms with Gasteiger partial charge in [-0.25, -0.2) is 0 Å². The molecule has 0 radical (unpaired) electrons. The summed E-state index contributed by atoms with van der Waals surface area (Å²) in [6.07, 6.45) is 5.44. The van der Waals surface area contributed by atoms with Gasteiger partial charge in [-0.2, -0.15) is 0 Å². The highest BCUT2D eigenvalue weighted by molar-refractivity contribution is 4.81. The molecule has 0 bridgehead atoms. The molecule has 0 spiro atoms. The molecule has 10 heavy (non-hydrogen) atoms. The van der Waals surface area contributed by atoms with Gasteiger partial charge < -0.3 is 5.73 Å². The van der Waals surface area contributed by atoms with Gasteiger partial charge in [-0.15, -0.1) is 0 Å². The molecule has 0 aromatic rings. The molecule has 1 fully saturated rings. The lowest BCUT2D eigenvalue weighted by Crippen LogP contribution is -2.08. The predicted octanol–water partition coefficient (Wildman–Crippen LogP) is 2.16. The lowest BCUT2D eigenvalue weighted by Gasteiger charge is -2.16. The van der Waals surface area contributed by atoms with E-state index in [0.717, 1.165) is 12.5 Å². The smallest absolute Gasteiger partial charge is 0.00746 e. The summed E-state index contributed by atoms with van der Waals surface area (Å²) in [5.74, 6) is 0.931. The van der Waals surface area contributed by atoms with E-state index >= 15 is 0 Å². The monoisotopic (exact) mass is 141 g/mol. The Bertz CT molecular complexity index is 107. The molecule has 2 N–H and O–H groups in total. The van der Waals surface area contributed by atoms with Crippen LogP contribution in [-0.4, -0.2) is 6.54 Å². The largest absolute Gasteiger partial charge is 0.330 e. The Morgan fingerprint density at radius 1 is 1.50 bits per heavy atom. The first-order valence-electron chi connectivity index (χ1n) is 4.34. The lowest BCUT2D eigenvalue weighted by atomic mass is 9.90. The van der Waals surface area contributed by atoms with E-state index in [4.69, 9.17) is 5.73 Å². The third-order valence-corrected chi connectivity index (χ3v) is 2.65. The zero-order chi connectivity index (χ0) is 7.61. The molecule has 1 aliphatic rings. The van der Waals surface area contributed by atoms with Gasteiger partial charge in [-0.05, 0) is 43.6 Å². The van der Waals surface area contributed by atoms with Gasteiger partial charge in [0.2, 0.25) is 0 Å². The summed E-state index contributed by atoms with van der Waals surface area (Å²) in [6, 6.07) is 0. The van der Waals surface area contributed by atoms with Gasteiger partial charge in [0.25, 0.3) is 0 Å². The Kier molecular flexibility index (Phi) is 2.35. The topological polar surface area (TPSA) is 26.0 Å². The van der Waals surface area contributed by atoms with Crippen molar-refractivity contribution < 1.29 is 0 Å². The number of nitrogens with two attached hydrogens (primary N) is 1. The Labute approximate surface area is 64.0 Å². The number of hydrogen-bond acceptors (Lipinski definition) is 1. The van der Waals surface area contributed by atoms with Crippen LogP contribution < -0.4 is 5.73 Å². The molecular formula is C9H19N. The zero-order valence-corrected chi connectivity index (χ0v) is 7.19. The van der Waals surface area contributed by atoms with Crippen LogP contribution in [0.15, 0.2) is 0 Å². The summed E-state index contributed by atoms with van der Waals surface area (Å²) < 4.78 is 0. The molecule has 0 aromatic carbocycles. The van der Waals surface area contributed by atoms with Crippen LogP contribution >= 0.6 is 0 Å². The van der Waals surface area contributed by atoms with E-state index < -0.39 is 0 Å². The third kappa shape index (κ3) is 1.98. The maximum absolute atomic E-state index is 5.50. The Balaban J connectivity index is 2.29. The minimum Gasteiger partial charge on any atom is -0.330 e. The van der Waals surface area contributed by atoms with E-state index in [1.807, 2.05) is 0 Å². The highest BCUT2D eigenvalue weighted by atomic mass is 14.5. The van der Waals surface area contributed by atoms with Crippen LogP contribution in [0.3, 0.4) is 0 Å². The van der Waals surface area contributed by atoms with Crippen molar-refractivity contribution in [3.63, 3.8) is 0 Å². The van der Waals surface area contributed by atoms with Crippen molar-refractivity contribution in [1.82, 2.24) is 0 Å². The first-order valence-corrected chi connectivity index (χ1v) is 4.34. The van der Waals surface area contributed by atoms with Crippen LogP contribution in [0.25, 0.3) is 0 Å². The van der Waals surface area contributed by atoms with Gasteiger partial charge in [0.05, 0.1) is 0 Å². The first-order chi connectivity index (χ1) is 4.64. The maximum atomic E-state index is 5.50. The molecule has 60 valence electrons. The zero-order valence-electron chi connectivity index (χ0n) is 7.19.